The van der Waals surface area contributed by atoms with Crippen molar-refractivity contribution < 1.29 is 19.4 Å². The lowest BCUT2D eigenvalue weighted by Gasteiger charge is -2.26. The second kappa shape index (κ2) is 12.1. The minimum Gasteiger partial charge on any atom is -0.481 e. The Morgan fingerprint density at radius 2 is 1.56 bits per heavy atom. The van der Waals surface area contributed by atoms with E-state index >= 15 is 0 Å². The minimum absolute atomic E-state index is 0.0801. The first-order valence-corrected chi connectivity index (χ1v) is 10.0. The van der Waals surface area contributed by atoms with Crippen LogP contribution in [-0.2, 0) is 14.3 Å². The smallest absolute Gasteiger partial charge is 0.310 e. The standard InChI is InChI=1S/C21H36O4/c1-4-17(13-9-7-5-6-8-12-16(2)3)25-21(24)19-15-11-10-14-18(19)20(22)23/h10-11,16-19H,4-9,12-15H2,1-3H3,(H,22,23). The van der Waals surface area contributed by atoms with Gasteiger partial charge in [-0.15, -0.1) is 0 Å². The molecular weight excluding hydrogens is 316 g/mol. The molecule has 0 aromatic rings. The number of unbranched alkanes of at least 4 members (excludes halogenated alkanes) is 4. The molecule has 25 heavy (non-hydrogen) atoms. The van der Waals surface area contributed by atoms with Gasteiger partial charge in [-0.05, 0) is 38.0 Å². The number of ether oxygens (including phenoxy) is 1. The largest absolute Gasteiger partial charge is 0.481 e. The average Bonchev–Trinajstić information content (AvgIpc) is 2.59. The van der Waals surface area contributed by atoms with Gasteiger partial charge in [-0.1, -0.05) is 65.0 Å². The van der Waals surface area contributed by atoms with Gasteiger partial charge in [-0.2, -0.15) is 0 Å². The Hall–Kier alpha value is -1.32. The Bertz CT molecular complexity index is 428. The van der Waals surface area contributed by atoms with Crippen molar-refractivity contribution in [3.05, 3.63) is 12.2 Å². The fourth-order valence-corrected chi connectivity index (χ4v) is 3.40. The number of carbonyl (C=O) groups is 2. The fraction of sp³-hybridized carbons (Fsp3) is 0.810. The van der Waals surface area contributed by atoms with Gasteiger partial charge in [0.1, 0.15) is 6.10 Å². The van der Waals surface area contributed by atoms with Crippen LogP contribution in [-0.4, -0.2) is 23.1 Å². The van der Waals surface area contributed by atoms with Gasteiger partial charge in [-0.25, -0.2) is 0 Å². The summed E-state index contributed by atoms with van der Waals surface area (Å²) in [5, 5.41) is 9.29. The molecule has 0 heterocycles. The molecule has 1 rings (SSSR count). The molecule has 144 valence electrons. The van der Waals surface area contributed by atoms with E-state index in [0.717, 1.165) is 25.2 Å². The summed E-state index contributed by atoms with van der Waals surface area (Å²) in [7, 11) is 0. The quantitative estimate of drug-likeness (QED) is 0.292. The zero-order chi connectivity index (χ0) is 18.7. The highest BCUT2D eigenvalue weighted by Crippen LogP contribution is 2.28. The van der Waals surface area contributed by atoms with Crippen molar-refractivity contribution in [2.24, 2.45) is 17.8 Å². The number of aliphatic carboxylic acids is 1. The SMILES string of the molecule is CCC(CCCCCCCC(C)C)OC(=O)C1CC=CCC1C(=O)O. The zero-order valence-corrected chi connectivity index (χ0v) is 16.2. The lowest BCUT2D eigenvalue weighted by molar-refractivity contribution is -0.162. The van der Waals surface area contributed by atoms with Crippen LogP contribution in [0.5, 0.6) is 0 Å². The van der Waals surface area contributed by atoms with E-state index < -0.39 is 17.8 Å². The molecule has 0 aromatic carbocycles. The molecule has 0 aromatic heterocycles. The highest BCUT2D eigenvalue weighted by Gasteiger charge is 2.35. The van der Waals surface area contributed by atoms with Gasteiger partial charge in [0.25, 0.3) is 0 Å². The highest BCUT2D eigenvalue weighted by atomic mass is 16.5. The van der Waals surface area contributed by atoms with Gasteiger partial charge < -0.3 is 9.84 Å². The van der Waals surface area contributed by atoms with Gasteiger partial charge >= 0.3 is 11.9 Å². The van der Waals surface area contributed by atoms with Crippen molar-refractivity contribution in [3.63, 3.8) is 0 Å². The summed E-state index contributed by atoms with van der Waals surface area (Å²) in [6.45, 7) is 6.55. The molecule has 3 unspecified atom stereocenters. The Morgan fingerprint density at radius 1 is 1.00 bits per heavy atom. The molecule has 0 amide bonds. The van der Waals surface area contributed by atoms with E-state index in [9.17, 15) is 14.7 Å². The molecule has 0 spiro atoms. The van der Waals surface area contributed by atoms with E-state index in [4.69, 9.17) is 4.74 Å². The third-order valence-electron chi connectivity index (χ3n) is 5.10. The van der Waals surface area contributed by atoms with Crippen LogP contribution in [0.25, 0.3) is 0 Å². The molecular formula is C21H36O4. The Kier molecular flexibility index (Phi) is 10.5. The molecule has 3 atom stereocenters. The zero-order valence-electron chi connectivity index (χ0n) is 16.2. The van der Waals surface area contributed by atoms with Crippen LogP contribution in [0.2, 0.25) is 0 Å². The van der Waals surface area contributed by atoms with E-state index in [1.54, 1.807) is 0 Å². The molecule has 0 fully saturated rings. The summed E-state index contributed by atoms with van der Waals surface area (Å²) in [5.74, 6) is -1.63. The van der Waals surface area contributed by atoms with Crippen molar-refractivity contribution in [1.82, 2.24) is 0 Å². The molecule has 0 aliphatic heterocycles. The lowest BCUT2D eigenvalue weighted by atomic mass is 9.83. The van der Waals surface area contributed by atoms with Gasteiger partial charge in [-0.3, -0.25) is 9.59 Å². The Balaban J connectivity index is 2.29. The number of carbonyl (C=O) groups excluding carboxylic acids is 1. The van der Waals surface area contributed by atoms with E-state index in [1.165, 1.54) is 32.1 Å². The number of hydrogen-bond acceptors (Lipinski definition) is 3. The van der Waals surface area contributed by atoms with E-state index in [1.807, 2.05) is 19.1 Å². The highest BCUT2D eigenvalue weighted by molar-refractivity contribution is 5.81. The van der Waals surface area contributed by atoms with Crippen molar-refractivity contribution in [2.75, 3.05) is 0 Å². The first kappa shape index (κ1) is 21.7. The van der Waals surface area contributed by atoms with E-state index in [0.29, 0.717) is 12.8 Å². The molecule has 4 nitrogen and oxygen atoms in total. The van der Waals surface area contributed by atoms with Crippen LogP contribution < -0.4 is 0 Å². The van der Waals surface area contributed by atoms with Gasteiger partial charge in [0.15, 0.2) is 0 Å². The third-order valence-corrected chi connectivity index (χ3v) is 5.10. The van der Waals surface area contributed by atoms with E-state index in [-0.39, 0.29) is 12.1 Å². The number of carboxylic acids is 1. The normalized spacial score (nSPS) is 21.3. The van der Waals surface area contributed by atoms with Crippen LogP contribution in [0.3, 0.4) is 0 Å². The van der Waals surface area contributed by atoms with Crippen LogP contribution in [0.15, 0.2) is 12.2 Å². The maximum atomic E-state index is 12.4. The summed E-state index contributed by atoms with van der Waals surface area (Å²) in [6.07, 6.45) is 13.6. The molecule has 1 aliphatic carbocycles. The first-order chi connectivity index (χ1) is 12.0. The number of esters is 1. The molecule has 0 radical (unpaired) electrons. The molecule has 0 saturated carbocycles. The minimum atomic E-state index is -0.902. The van der Waals surface area contributed by atoms with Gasteiger partial charge in [0, 0.05) is 0 Å². The maximum absolute atomic E-state index is 12.4. The summed E-state index contributed by atoms with van der Waals surface area (Å²) >= 11 is 0. The lowest BCUT2D eigenvalue weighted by Crippen LogP contribution is -2.34. The molecule has 1 aliphatic rings. The molecule has 1 N–H and O–H groups in total. The maximum Gasteiger partial charge on any atom is 0.310 e. The molecule has 4 heteroatoms. The van der Waals surface area contributed by atoms with Crippen LogP contribution in [0.4, 0.5) is 0 Å². The third kappa shape index (κ3) is 8.55. The van der Waals surface area contributed by atoms with Crippen molar-refractivity contribution >= 4 is 11.9 Å². The summed E-state index contributed by atoms with van der Waals surface area (Å²) in [6, 6.07) is 0. The second-order valence-electron chi connectivity index (χ2n) is 7.70. The summed E-state index contributed by atoms with van der Waals surface area (Å²) in [5.41, 5.74) is 0. The van der Waals surface area contributed by atoms with Crippen molar-refractivity contribution in [1.29, 1.82) is 0 Å². The first-order valence-electron chi connectivity index (χ1n) is 10.0. The van der Waals surface area contributed by atoms with E-state index in [2.05, 4.69) is 13.8 Å². The predicted octanol–water partition coefficient (Wildman–Crippen LogP) is 5.36. The topological polar surface area (TPSA) is 63.6 Å². The van der Waals surface area contributed by atoms with Crippen LogP contribution in [0, 0.1) is 17.8 Å². The summed E-state index contributed by atoms with van der Waals surface area (Å²) < 4.78 is 5.64. The Labute approximate surface area is 153 Å². The Morgan fingerprint density at radius 3 is 2.12 bits per heavy atom. The number of hydrogen-bond donors (Lipinski definition) is 1. The number of rotatable bonds is 12. The average molecular weight is 353 g/mol. The summed E-state index contributed by atoms with van der Waals surface area (Å²) in [4.78, 5) is 23.7. The van der Waals surface area contributed by atoms with Gasteiger partial charge in [0.05, 0.1) is 11.8 Å². The van der Waals surface area contributed by atoms with Crippen LogP contribution >= 0.6 is 0 Å². The van der Waals surface area contributed by atoms with Crippen molar-refractivity contribution in [3.8, 4) is 0 Å². The monoisotopic (exact) mass is 352 g/mol. The predicted molar refractivity (Wildman–Crippen MR) is 100 cm³/mol. The molecule has 0 bridgehead atoms. The second-order valence-corrected chi connectivity index (χ2v) is 7.70. The van der Waals surface area contributed by atoms with Crippen molar-refractivity contribution in [2.45, 2.75) is 91.1 Å². The fourth-order valence-electron chi connectivity index (χ4n) is 3.40. The number of carboxylic acid groups (broad SMARTS) is 1. The van der Waals surface area contributed by atoms with Crippen LogP contribution in [0.1, 0.15) is 85.0 Å². The van der Waals surface area contributed by atoms with Gasteiger partial charge in [0.2, 0.25) is 0 Å². The molecule has 0 saturated heterocycles. The number of allylic oxidation sites excluding steroid dienone is 2.